The van der Waals surface area contributed by atoms with E-state index in [-0.39, 0.29) is 5.56 Å². The van der Waals surface area contributed by atoms with Crippen molar-refractivity contribution in [2.24, 2.45) is 5.73 Å². The summed E-state index contributed by atoms with van der Waals surface area (Å²) in [5.74, 6) is -1.37. The Morgan fingerprint density at radius 3 is 1.97 bits per heavy atom. The predicted molar refractivity (Wildman–Crippen MR) is 143 cm³/mol. The van der Waals surface area contributed by atoms with Crippen molar-refractivity contribution in [3.8, 4) is 16.9 Å². The molecule has 3 N–H and O–H groups in total. The predicted octanol–water partition coefficient (Wildman–Crippen LogP) is 3.45. The van der Waals surface area contributed by atoms with Crippen molar-refractivity contribution in [1.82, 2.24) is 4.90 Å². The Morgan fingerprint density at radius 1 is 0.919 bits per heavy atom. The first-order valence-electron chi connectivity index (χ1n) is 11.6. The quantitative estimate of drug-likeness (QED) is 0.367. The first kappa shape index (κ1) is 27.9. The summed E-state index contributed by atoms with van der Waals surface area (Å²) in [7, 11) is 0.984. The summed E-state index contributed by atoms with van der Waals surface area (Å²) in [6, 6.07) is 18.3. The number of carbonyl (C=O) groups is 2. The fourth-order valence-electron chi connectivity index (χ4n) is 3.92. The van der Waals surface area contributed by atoms with Crippen molar-refractivity contribution in [3.05, 3.63) is 83.4 Å². The highest BCUT2D eigenvalue weighted by Crippen LogP contribution is 2.28. The first-order chi connectivity index (χ1) is 17.5. The van der Waals surface area contributed by atoms with Crippen LogP contribution in [0.15, 0.2) is 66.7 Å². The summed E-state index contributed by atoms with van der Waals surface area (Å²) in [5, 5.41) is 0. The number of amides is 2. The van der Waals surface area contributed by atoms with Gasteiger partial charge in [0.1, 0.15) is 5.75 Å². The number of methoxy groups -OCH3 is 1. The van der Waals surface area contributed by atoms with Crippen molar-refractivity contribution in [2.75, 3.05) is 38.5 Å². The number of primary amides is 1. The fourth-order valence-corrected chi connectivity index (χ4v) is 4.51. The number of benzene rings is 3. The number of hydrogen-bond donors (Lipinski definition) is 2. The second-order valence-corrected chi connectivity index (χ2v) is 10.3. The van der Waals surface area contributed by atoms with Crippen LogP contribution in [-0.2, 0) is 16.5 Å². The third kappa shape index (κ3) is 7.63. The summed E-state index contributed by atoms with van der Waals surface area (Å²) >= 11 is 0. The zero-order chi connectivity index (χ0) is 27.2. The van der Waals surface area contributed by atoms with E-state index in [1.807, 2.05) is 14.1 Å². The number of nitrogens with two attached hydrogens (primary N) is 1. The molecule has 9 nitrogen and oxygen atoms in total. The molecule has 0 heterocycles. The number of ether oxygens (including phenoxy) is 1. The van der Waals surface area contributed by atoms with Crippen LogP contribution < -0.4 is 15.4 Å². The Kier molecular flexibility index (Phi) is 9.04. The van der Waals surface area contributed by atoms with E-state index < -0.39 is 27.8 Å². The molecule has 0 aliphatic heterocycles. The van der Waals surface area contributed by atoms with Crippen molar-refractivity contribution >= 4 is 27.6 Å². The summed E-state index contributed by atoms with van der Waals surface area (Å²) in [5.41, 5.74) is 8.68. The van der Waals surface area contributed by atoms with Gasteiger partial charge in [0.05, 0.1) is 7.11 Å². The van der Waals surface area contributed by atoms with Gasteiger partial charge in [-0.25, -0.2) is 0 Å². The van der Waals surface area contributed by atoms with E-state index in [1.54, 1.807) is 73.8 Å². The van der Waals surface area contributed by atoms with Crippen LogP contribution in [0.2, 0.25) is 0 Å². The van der Waals surface area contributed by atoms with Crippen LogP contribution in [0.25, 0.3) is 11.1 Å². The van der Waals surface area contributed by atoms with E-state index in [0.29, 0.717) is 23.4 Å². The molecule has 0 spiro atoms. The van der Waals surface area contributed by atoms with Crippen molar-refractivity contribution < 1.29 is 27.3 Å². The molecule has 3 rings (SSSR count). The molecule has 0 saturated carbocycles. The molecule has 0 bridgehead atoms. The molecule has 2 amide bonds. The first-order valence-corrected chi connectivity index (χ1v) is 13.2. The number of nitrogens with zero attached hydrogens (tertiary/aromatic N) is 2. The van der Waals surface area contributed by atoms with Crippen LogP contribution in [0, 0.1) is 0 Å². The van der Waals surface area contributed by atoms with Gasteiger partial charge in [-0.3, -0.25) is 19.0 Å². The van der Waals surface area contributed by atoms with Crippen molar-refractivity contribution in [1.29, 1.82) is 0 Å². The van der Waals surface area contributed by atoms with Gasteiger partial charge in [0, 0.05) is 16.8 Å². The molecule has 10 heteroatoms. The summed E-state index contributed by atoms with van der Waals surface area (Å²) in [4.78, 5) is 27.8. The van der Waals surface area contributed by atoms with E-state index in [4.69, 9.17) is 10.5 Å². The van der Waals surface area contributed by atoms with Gasteiger partial charge in [-0.2, -0.15) is 8.42 Å². The minimum atomic E-state index is -4.51. The number of anilines is 1. The van der Waals surface area contributed by atoms with Crippen LogP contribution in [0.3, 0.4) is 0 Å². The largest absolute Gasteiger partial charge is 0.496 e. The molecule has 3 aromatic carbocycles. The fraction of sp³-hybridized carbons (Fsp3) is 0.259. The molecule has 0 radical (unpaired) electrons. The lowest BCUT2D eigenvalue weighted by molar-refractivity contribution is 0.0986. The zero-order valence-corrected chi connectivity index (χ0v) is 21.9. The molecule has 0 fully saturated rings. The molecule has 0 atom stereocenters. The number of carbonyl (C=O) groups excluding carboxylic acids is 2. The van der Waals surface area contributed by atoms with Gasteiger partial charge in [0.15, 0.2) is 5.88 Å². The van der Waals surface area contributed by atoms with E-state index in [2.05, 4.69) is 4.90 Å². The second-order valence-electron chi connectivity index (χ2n) is 8.87. The number of aryl methyl sites for hydroxylation is 1. The standard InChI is InChI=1S/C27H31N3O6S/c1-29(2)16-4-5-23-17-24(14-15-25(23)36-3)30(18-37(33,34)35)27(32)22-12-8-20(9-13-22)19-6-10-21(11-7-19)26(28)31/h6-15,17H,4-5,16,18H2,1-3H3,(H2,28,31)(H,33,34,35). The monoisotopic (exact) mass is 525 g/mol. The Balaban J connectivity index is 1.91. The maximum Gasteiger partial charge on any atom is 0.283 e. The SMILES string of the molecule is COc1ccc(N(CS(=O)(=O)O)C(=O)c2ccc(-c3ccc(C(N)=O)cc3)cc2)cc1CCCN(C)C. The van der Waals surface area contributed by atoms with Gasteiger partial charge < -0.3 is 15.4 Å². The topological polar surface area (TPSA) is 130 Å². The third-order valence-corrected chi connectivity index (χ3v) is 6.38. The highest BCUT2D eigenvalue weighted by Gasteiger charge is 2.24. The van der Waals surface area contributed by atoms with Gasteiger partial charge in [0.2, 0.25) is 5.91 Å². The Bertz CT molecular complexity index is 1350. The molecular weight excluding hydrogens is 494 g/mol. The average Bonchev–Trinajstić information content (AvgIpc) is 2.86. The number of rotatable bonds is 11. The maximum absolute atomic E-state index is 13.4. The molecule has 196 valence electrons. The van der Waals surface area contributed by atoms with Crippen LogP contribution >= 0.6 is 0 Å². The summed E-state index contributed by atoms with van der Waals surface area (Å²) in [6.07, 6.45) is 1.49. The van der Waals surface area contributed by atoms with Gasteiger partial charge in [-0.1, -0.05) is 24.3 Å². The van der Waals surface area contributed by atoms with E-state index in [1.165, 1.54) is 0 Å². The normalized spacial score (nSPS) is 11.4. The molecule has 3 aromatic rings. The Morgan fingerprint density at radius 2 is 1.49 bits per heavy atom. The second kappa shape index (κ2) is 12.0. The molecule has 0 aliphatic rings. The molecule has 0 aliphatic carbocycles. The minimum Gasteiger partial charge on any atom is -0.496 e. The zero-order valence-electron chi connectivity index (χ0n) is 21.0. The summed E-state index contributed by atoms with van der Waals surface area (Å²) < 4.78 is 38.7. The summed E-state index contributed by atoms with van der Waals surface area (Å²) in [6.45, 7) is 0.846. The van der Waals surface area contributed by atoms with Crippen molar-refractivity contribution in [2.45, 2.75) is 12.8 Å². The third-order valence-electron chi connectivity index (χ3n) is 5.80. The smallest absolute Gasteiger partial charge is 0.283 e. The van der Waals surface area contributed by atoms with Crippen LogP contribution in [0.1, 0.15) is 32.7 Å². The van der Waals surface area contributed by atoms with Crippen molar-refractivity contribution in [3.63, 3.8) is 0 Å². The lowest BCUT2D eigenvalue weighted by atomic mass is 10.0. The Labute approximate surface area is 217 Å². The van der Waals surface area contributed by atoms with Crippen LogP contribution in [-0.4, -0.2) is 63.3 Å². The van der Waals surface area contributed by atoms with E-state index >= 15 is 0 Å². The van der Waals surface area contributed by atoms with Gasteiger partial charge in [0.25, 0.3) is 16.0 Å². The van der Waals surface area contributed by atoms with E-state index in [9.17, 15) is 22.6 Å². The average molecular weight is 526 g/mol. The lowest BCUT2D eigenvalue weighted by Crippen LogP contribution is -2.35. The highest BCUT2D eigenvalue weighted by atomic mass is 32.2. The highest BCUT2D eigenvalue weighted by molar-refractivity contribution is 7.85. The number of hydrogen-bond acceptors (Lipinski definition) is 6. The minimum absolute atomic E-state index is 0.242. The Hall–Kier alpha value is -3.73. The van der Waals surface area contributed by atoms with Gasteiger partial charge in [-0.05, 0) is 92.6 Å². The van der Waals surface area contributed by atoms with E-state index in [0.717, 1.165) is 34.6 Å². The lowest BCUT2D eigenvalue weighted by Gasteiger charge is -2.23. The molecular formula is C27H31N3O6S. The van der Waals surface area contributed by atoms with Gasteiger partial charge >= 0.3 is 0 Å². The molecule has 0 saturated heterocycles. The van der Waals surface area contributed by atoms with Crippen LogP contribution in [0.5, 0.6) is 5.75 Å². The molecule has 0 aromatic heterocycles. The molecule has 0 unspecified atom stereocenters. The van der Waals surface area contributed by atoms with Crippen LogP contribution in [0.4, 0.5) is 5.69 Å². The maximum atomic E-state index is 13.4. The molecule has 37 heavy (non-hydrogen) atoms. The van der Waals surface area contributed by atoms with Gasteiger partial charge in [-0.15, -0.1) is 0 Å².